The Morgan fingerprint density at radius 1 is 1.12 bits per heavy atom. The molecule has 0 aliphatic carbocycles. The van der Waals surface area contributed by atoms with E-state index in [-0.39, 0.29) is 17.6 Å². The molecule has 2 rings (SSSR count). The van der Waals surface area contributed by atoms with Crippen molar-refractivity contribution in [3.63, 3.8) is 0 Å². The average Bonchev–Trinajstić information content (AvgIpc) is 2.65. The molecule has 0 radical (unpaired) electrons. The van der Waals surface area contributed by atoms with Crippen molar-refractivity contribution in [2.24, 2.45) is 0 Å². The normalized spacial score (nSPS) is 11.6. The molecule has 0 bridgehead atoms. The van der Waals surface area contributed by atoms with Crippen molar-refractivity contribution in [1.29, 1.82) is 0 Å². The number of rotatable bonds is 7. The topological polar surface area (TPSA) is 49.4 Å². The van der Waals surface area contributed by atoms with Crippen molar-refractivity contribution >= 4 is 35.2 Å². The van der Waals surface area contributed by atoms with Crippen molar-refractivity contribution in [3.8, 4) is 0 Å². The number of thioether (sulfide) groups is 1. The van der Waals surface area contributed by atoms with Crippen LogP contribution in [0.25, 0.3) is 0 Å². The lowest BCUT2D eigenvalue weighted by Crippen LogP contribution is -2.47. The first-order valence-corrected chi connectivity index (χ1v) is 9.31. The second-order valence-electron chi connectivity index (χ2n) is 5.51. The summed E-state index contributed by atoms with van der Waals surface area (Å²) in [5, 5.41) is 3.19. The van der Waals surface area contributed by atoms with Gasteiger partial charge in [0.15, 0.2) is 0 Å². The Balaban J connectivity index is 2.14. The van der Waals surface area contributed by atoms with Gasteiger partial charge in [-0.25, -0.2) is 0 Å². The summed E-state index contributed by atoms with van der Waals surface area (Å²) >= 11 is 7.67. The molecule has 1 N–H and O–H groups in total. The first kappa shape index (κ1) is 19.3. The van der Waals surface area contributed by atoms with Crippen LogP contribution < -0.4 is 5.32 Å². The third-order valence-corrected chi connectivity index (χ3v) is 5.18. The van der Waals surface area contributed by atoms with Gasteiger partial charge in [-0.15, -0.1) is 11.8 Å². The van der Waals surface area contributed by atoms with Crippen LogP contribution in [-0.2, 0) is 16.1 Å². The summed E-state index contributed by atoms with van der Waals surface area (Å²) in [6.45, 7) is 2.02. The summed E-state index contributed by atoms with van der Waals surface area (Å²) in [6.07, 6.45) is 0. The second kappa shape index (κ2) is 9.49. The highest BCUT2D eigenvalue weighted by atomic mass is 35.5. The number of nitrogens with one attached hydrogen (secondary N) is 1. The van der Waals surface area contributed by atoms with Crippen molar-refractivity contribution < 1.29 is 9.59 Å². The van der Waals surface area contributed by atoms with Gasteiger partial charge >= 0.3 is 0 Å². The molecule has 0 saturated heterocycles. The van der Waals surface area contributed by atoms with Crippen LogP contribution in [0.15, 0.2) is 59.5 Å². The molecule has 2 aromatic rings. The van der Waals surface area contributed by atoms with Crippen LogP contribution in [0.1, 0.15) is 12.5 Å². The number of halogens is 1. The number of nitrogens with zero attached hydrogens (tertiary/aromatic N) is 1. The Hall–Kier alpha value is -1.98. The van der Waals surface area contributed by atoms with Gasteiger partial charge < -0.3 is 10.2 Å². The summed E-state index contributed by atoms with van der Waals surface area (Å²) in [5.74, 6) is -0.0505. The maximum atomic E-state index is 12.8. The highest BCUT2D eigenvalue weighted by Crippen LogP contribution is 2.21. The molecule has 0 aliphatic rings. The van der Waals surface area contributed by atoms with Crippen LogP contribution in [-0.4, -0.2) is 35.6 Å². The molecule has 2 aromatic carbocycles. The molecule has 6 heteroatoms. The number of amides is 2. The van der Waals surface area contributed by atoms with Gasteiger partial charge in [-0.2, -0.15) is 0 Å². The molecule has 2 amide bonds. The smallest absolute Gasteiger partial charge is 0.242 e. The van der Waals surface area contributed by atoms with E-state index in [0.717, 1.165) is 10.5 Å². The Bertz CT molecular complexity index is 724. The van der Waals surface area contributed by atoms with E-state index in [1.165, 1.54) is 11.8 Å². The highest BCUT2D eigenvalue weighted by molar-refractivity contribution is 8.00. The lowest BCUT2D eigenvalue weighted by molar-refractivity contribution is -0.138. The SMILES string of the molecule is CNC(=O)C(C)N(Cc1ccccc1Cl)C(=O)CSc1ccccc1. The Labute approximate surface area is 157 Å². The number of likely N-dealkylation sites (N-methyl/N-ethyl adjacent to an activating group) is 1. The van der Waals surface area contributed by atoms with Crippen molar-refractivity contribution in [2.45, 2.75) is 24.4 Å². The zero-order chi connectivity index (χ0) is 18.2. The molecular weight excluding hydrogens is 356 g/mol. The van der Waals surface area contributed by atoms with E-state index in [2.05, 4.69) is 5.32 Å². The van der Waals surface area contributed by atoms with Crippen LogP contribution in [0.4, 0.5) is 0 Å². The van der Waals surface area contributed by atoms with E-state index in [0.29, 0.717) is 11.6 Å². The molecule has 25 heavy (non-hydrogen) atoms. The fourth-order valence-electron chi connectivity index (χ4n) is 2.35. The number of carbonyl (C=O) groups is 2. The molecule has 0 saturated carbocycles. The quantitative estimate of drug-likeness (QED) is 0.751. The van der Waals surface area contributed by atoms with Crippen molar-refractivity contribution in [2.75, 3.05) is 12.8 Å². The first-order valence-electron chi connectivity index (χ1n) is 7.95. The fourth-order valence-corrected chi connectivity index (χ4v) is 3.35. The minimum Gasteiger partial charge on any atom is -0.357 e. The van der Waals surface area contributed by atoms with Gasteiger partial charge in [-0.05, 0) is 30.7 Å². The van der Waals surface area contributed by atoms with Gasteiger partial charge in [0.25, 0.3) is 0 Å². The van der Waals surface area contributed by atoms with E-state index in [1.54, 1.807) is 24.9 Å². The summed E-state index contributed by atoms with van der Waals surface area (Å²) in [7, 11) is 1.57. The molecule has 0 spiro atoms. The van der Waals surface area contributed by atoms with E-state index in [1.807, 2.05) is 48.5 Å². The Morgan fingerprint density at radius 2 is 1.76 bits per heavy atom. The standard InChI is InChI=1S/C19H21ClN2O2S/c1-14(19(24)21-2)22(12-15-8-6-7-11-17(15)20)18(23)13-25-16-9-4-3-5-10-16/h3-11,14H,12-13H2,1-2H3,(H,21,24). The lowest BCUT2D eigenvalue weighted by atomic mass is 10.1. The fraction of sp³-hybridized carbons (Fsp3) is 0.263. The lowest BCUT2D eigenvalue weighted by Gasteiger charge is -2.28. The molecular formula is C19H21ClN2O2S. The van der Waals surface area contributed by atoms with Crippen LogP contribution in [0, 0.1) is 0 Å². The zero-order valence-electron chi connectivity index (χ0n) is 14.2. The molecule has 132 valence electrons. The third kappa shape index (κ3) is 5.51. The van der Waals surface area contributed by atoms with Crippen molar-refractivity contribution in [1.82, 2.24) is 10.2 Å². The largest absolute Gasteiger partial charge is 0.357 e. The van der Waals surface area contributed by atoms with Crippen LogP contribution in [0.5, 0.6) is 0 Å². The maximum Gasteiger partial charge on any atom is 0.242 e. The van der Waals surface area contributed by atoms with Crippen LogP contribution >= 0.6 is 23.4 Å². The van der Waals surface area contributed by atoms with E-state index >= 15 is 0 Å². The Morgan fingerprint density at radius 3 is 2.40 bits per heavy atom. The molecule has 0 heterocycles. The summed E-state index contributed by atoms with van der Waals surface area (Å²) < 4.78 is 0. The van der Waals surface area contributed by atoms with Gasteiger partial charge in [0.2, 0.25) is 11.8 Å². The van der Waals surface area contributed by atoms with Crippen molar-refractivity contribution in [3.05, 3.63) is 65.2 Å². The number of carbonyl (C=O) groups excluding carboxylic acids is 2. The van der Waals surface area contributed by atoms with Gasteiger partial charge in [0.1, 0.15) is 6.04 Å². The molecule has 1 unspecified atom stereocenters. The minimum atomic E-state index is -0.579. The number of hydrogen-bond acceptors (Lipinski definition) is 3. The average molecular weight is 377 g/mol. The van der Waals surface area contributed by atoms with E-state index < -0.39 is 6.04 Å². The van der Waals surface area contributed by atoms with E-state index in [4.69, 9.17) is 11.6 Å². The predicted octanol–water partition coefficient (Wildman–Crippen LogP) is 3.60. The Kier molecular flexibility index (Phi) is 7.34. The zero-order valence-corrected chi connectivity index (χ0v) is 15.8. The van der Waals surface area contributed by atoms with Gasteiger partial charge in [0, 0.05) is 23.5 Å². The monoisotopic (exact) mass is 376 g/mol. The maximum absolute atomic E-state index is 12.8. The molecule has 0 aliphatic heterocycles. The molecule has 0 aromatic heterocycles. The summed E-state index contributed by atoms with van der Waals surface area (Å²) in [5.41, 5.74) is 0.818. The summed E-state index contributed by atoms with van der Waals surface area (Å²) in [6, 6.07) is 16.5. The predicted molar refractivity (Wildman–Crippen MR) is 103 cm³/mol. The second-order valence-corrected chi connectivity index (χ2v) is 6.96. The molecule has 4 nitrogen and oxygen atoms in total. The van der Waals surface area contributed by atoms with Gasteiger partial charge in [-0.3, -0.25) is 9.59 Å². The highest BCUT2D eigenvalue weighted by Gasteiger charge is 2.25. The molecule has 0 fully saturated rings. The summed E-state index contributed by atoms with van der Waals surface area (Å²) in [4.78, 5) is 27.4. The third-order valence-electron chi connectivity index (χ3n) is 3.82. The van der Waals surface area contributed by atoms with Gasteiger partial charge in [-0.1, -0.05) is 48.0 Å². The first-order chi connectivity index (χ1) is 12.0. The number of hydrogen-bond donors (Lipinski definition) is 1. The number of benzene rings is 2. The van der Waals surface area contributed by atoms with E-state index in [9.17, 15) is 9.59 Å². The molecule has 1 atom stereocenters. The van der Waals surface area contributed by atoms with Crippen LogP contribution in [0.3, 0.4) is 0 Å². The van der Waals surface area contributed by atoms with Crippen LogP contribution in [0.2, 0.25) is 5.02 Å². The minimum absolute atomic E-state index is 0.107. The van der Waals surface area contributed by atoms with Gasteiger partial charge in [0.05, 0.1) is 5.75 Å².